The van der Waals surface area contributed by atoms with E-state index < -0.39 is 40.2 Å². The Bertz CT molecular complexity index is 1080. The van der Waals surface area contributed by atoms with E-state index in [2.05, 4.69) is 15.6 Å². The van der Waals surface area contributed by atoms with Gasteiger partial charge in [-0.15, -0.1) is 0 Å². The second-order valence-electron chi connectivity index (χ2n) is 7.34. The molecule has 2 heterocycles. The maximum Gasteiger partial charge on any atom is 0.296 e. The Kier molecular flexibility index (Phi) is 6.25. The number of fused-ring (bicyclic) bond motifs is 1. The van der Waals surface area contributed by atoms with Crippen molar-refractivity contribution in [2.45, 2.75) is 32.5 Å². The van der Waals surface area contributed by atoms with Crippen LogP contribution in [0.25, 0.3) is 0 Å². The van der Waals surface area contributed by atoms with Crippen LogP contribution < -0.4 is 20.9 Å². The number of nitrogens with one attached hydrogen (secondary N) is 2. The highest BCUT2D eigenvalue weighted by Gasteiger charge is 2.34. The molecule has 0 fully saturated rings. The molecule has 1 aliphatic heterocycles. The number of benzene rings is 1. The van der Waals surface area contributed by atoms with E-state index in [1.54, 1.807) is 13.8 Å². The lowest BCUT2D eigenvalue weighted by Crippen LogP contribution is -2.42. The Hall–Kier alpha value is -3.47. The molecular weight excluding hydrogens is 411 g/mol. The largest absolute Gasteiger partial charge is 0.501 e. The molecule has 166 valence electrons. The Balaban J connectivity index is 1.83. The van der Waals surface area contributed by atoms with Gasteiger partial charge in [0.2, 0.25) is 5.75 Å². The summed E-state index contributed by atoms with van der Waals surface area (Å²) in [4.78, 5) is 40.8. The second kappa shape index (κ2) is 8.72. The van der Waals surface area contributed by atoms with E-state index in [4.69, 9.17) is 9.47 Å². The predicted octanol–water partition coefficient (Wildman–Crippen LogP) is 0.408. The summed E-state index contributed by atoms with van der Waals surface area (Å²) < 4.78 is 25.8. The van der Waals surface area contributed by atoms with Crippen LogP contribution in [0.15, 0.2) is 23.0 Å². The van der Waals surface area contributed by atoms with Crippen molar-refractivity contribution in [3.63, 3.8) is 0 Å². The van der Waals surface area contributed by atoms with Crippen molar-refractivity contribution in [3.05, 3.63) is 51.5 Å². The summed E-state index contributed by atoms with van der Waals surface area (Å²) in [6, 6.07) is 3.65. The van der Waals surface area contributed by atoms with Gasteiger partial charge in [0.1, 0.15) is 23.0 Å². The fourth-order valence-corrected chi connectivity index (χ4v) is 3.11. The molecule has 0 bridgehead atoms. The molecule has 3 N–H and O–H groups in total. The number of ether oxygens (including phenoxy) is 2. The molecule has 0 unspecified atom stereocenters. The number of hydrogen-bond acceptors (Lipinski definition) is 7. The molecule has 11 heteroatoms. The molecule has 0 saturated carbocycles. The lowest BCUT2D eigenvalue weighted by molar-refractivity contribution is -0.122. The first kappa shape index (κ1) is 22.2. The van der Waals surface area contributed by atoms with E-state index in [1.165, 1.54) is 23.7 Å². The maximum atomic E-state index is 13.6. The molecular formula is C20H23FN4O6. The smallest absolute Gasteiger partial charge is 0.296 e. The van der Waals surface area contributed by atoms with Crippen LogP contribution in [0, 0.1) is 5.82 Å². The number of carbonyl (C=O) groups excluding carboxylic acids is 2. The summed E-state index contributed by atoms with van der Waals surface area (Å²) in [5.41, 5.74) is -1.71. The van der Waals surface area contributed by atoms with Crippen LogP contribution in [-0.2, 0) is 28.2 Å². The Labute approximate surface area is 177 Å². The molecule has 1 aromatic carbocycles. The van der Waals surface area contributed by atoms with Gasteiger partial charge < -0.3 is 25.2 Å². The zero-order chi connectivity index (χ0) is 22.8. The fraction of sp³-hybridized carbons (Fsp3) is 0.400. The Morgan fingerprint density at radius 2 is 2.13 bits per heavy atom. The van der Waals surface area contributed by atoms with Crippen LogP contribution >= 0.6 is 0 Å². The summed E-state index contributed by atoms with van der Waals surface area (Å²) >= 11 is 0. The van der Waals surface area contributed by atoms with Gasteiger partial charge in [0.25, 0.3) is 17.4 Å². The average molecular weight is 434 g/mol. The highest BCUT2D eigenvalue weighted by atomic mass is 19.1. The van der Waals surface area contributed by atoms with Gasteiger partial charge in [-0.1, -0.05) is 6.07 Å². The van der Waals surface area contributed by atoms with Crippen LogP contribution in [0.4, 0.5) is 4.39 Å². The first-order valence-electron chi connectivity index (χ1n) is 9.52. The van der Waals surface area contributed by atoms with Crippen LogP contribution in [0.1, 0.15) is 35.7 Å². The average Bonchev–Trinajstić information content (AvgIpc) is 2.73. The molecule has 0 saturated heterocycles. The number of carbonyl (C=O) groups is 2. The summed E-state index contributed by atoms with van der Waals surface area (Å²) in [7, 11) is 1.44. The summed E-state index contributed by atoms with van der Waals surface area (Å²) in [5.74, 6) is -2.27. The quantitative estimate of drug-likeness (QED) is 0.600. The number of likely N-dealkylation sites (N-methyl/N-ethyl adjacent to an activating group) is 1. The molecule has 2 aromatic rings. The van der Waals surface area contributed by atoms with Gasteiger partial charge in [-0.05, 0) is 19.9 Å². The van der Waals surface area contributed by atoms with Gasteiger partial charge in [0.05, 0.1) is 13.2 Å². The first-order valence-corrected chi connectivity index (χ1v) is 9.52. The molecule has 0 aliphatic carbocycles. The molecule has 2 amide bonds. The summed E-state index contributed by atoms with van der Waals surface area (Å²) in [5, 5.41) is 15.1. The molecule has 3 rings (SSSR count). The maximum absolute atomic E-state index is 13.6. The molecule has 0 atom stereocenters. The number of aromatic hydroxyl groups is 1. The first-order chi connectivity index (χ1) is 14.6. The number of halogens is 1. The van der Waals surface area contributed by atoms with E-state index in [0.29, 0.717) is 5.56 Å². The van der Waals surface area contributed by atoms with E-state index in [9.17, 15) is 23.9 Å². The van der Waals surface area contributed by atoms with E-state index in [0.717, 1.165) is 6.07 Å². The van der Waals surface area contributed by atoms with E-state index in [1.807, 2.05) is 0 Å². The molecule has 1 aromatic heterocycles. The van der Waals surface area contributed by atoms with Crippen molar-refractivity contribution in [2.24, 2.45) is 0 Å². The van der Waals surface area contributed by atoms with Crippen molar-refractivity contribution >= 4 is 11.8 Å². The topological polar surface area (TPSA) is 132 Å². The fourth-order valence-electron chi connectivity index (χ4n) is 3.11. The van der Waals surface area contributed by atoms with Crippen molar-refractivity contribution in [2.75, 3.05) is 20.3 Å². The van der Waals surface area contributed by atoms with Crippen molar-refractivity contribution < 1.29 is 28.6 Å². The molecule has 10 nitrogen and oxygen atoms in total. The zero-order valence-corrected chi connectivity index (χ0v) is 17.3. The van der Waals surface area contributed by atoms with Gasteiger partial charge in [0.15, 0.2) is 12.3 Å². The third kappa shape index (κ3) is 4.66. The molecule has 0 spiro atoms. The Morgan fingerprint density at radius 1 is 1.39 bits per heavy atom. The van der Waals surface area contributed by atoms with Crippen LogP contribution in [-0.4, -0.2) is 46.7 Å². The number of amides is 2. The highest BCUT2D eigenvalue weighted by Crippen LogP contribution is 2.27. The van der Waals surface area contributed by atoms with Crippen LogP contribution in [0.2, 0.25) is 0 Å². The third-order valence-corrected chi connectivity index (χ3v) is 4.78. The minimum atomic E-state index is -0.919. The standard InChI is InChI=1S/C20H23FN4O6/c1-20(2)19-24-15(16(27)18(29)25(19)6-7-31-20)17(28)23-9-11-4-5-12(21)8-13(11)30-10-14(26)22-3/h4-5,8,27H,6-7,9-10H2,1-3H3,(H,22,26)(H,23,28). The van der Waals surface area contributed by atoms with Gasteiger partial charge in [-0.3, -0.25) is 19.0 Å². The highest BCUT2D eigenvalue weighted by molar-refractivity contribution is 5.94. The van der Waals surface area contributed by atoms with Crippen LogP contribution in [0.5, 0.6) is 11.5 Å². The molecule has 31 heavy (non-hydrogen) atoms. The lowest BCUT2D eigenvalue weighted by Gasteiger charge is -2.32. The lowest BCUT2D eigenvalue weighted by atomic mass is 10.1. The summed E-state index contributed by atoms with van der Waals surface area (Å²) in [6.07, 6.45) is 0. The number of hydrogen-bond donors (Lipinski definition) is 3. The minimum Gasteiger partial charge on any atom is -0.501 e. The zero-order valence-electron chi connectivity index (χ0n) is 17.3. The molecule has 0 radical (unpaired) electrons. The molecule has 1 aliphatic rings. The van der Waals surface area contributed by atoms with Crippen molar-refractivity contribution in [1.82, 2.24) is 20.2 Å². The predicted molar refractivity (Wildman–Crippen MR) is 106 cm³/mol. The summed E-state index contributed by atoms with van der Waals surface area (Å²) in [6.45, 7) is 3.44. The number of aromatic nitrogens is 2. The van der Waals surface area contributed by atoms with E-state index in [-0.39, 0.29) is 37.9 Å². The normalized spacial score (nSPS) is 14.5. The monoisotopic (exact) mass is 434 g/mol. The number of rotatable bonds is 6. The van der Waals surface area contributed by atoms with Gasteiger partial charge >= 0.3 is 0 Å². The van der Waals surface area contributed by atoms with Gasteiger partial charge in [0, 0.05) is 25.2 Å². The third-order valence-electron chi connectivity index (χ3n) is 4.78. The number of nitrogens with zero attached hydrogens (tertiary/aromatic N) is 2. The van der Waals surface area contributed by atoms with E-state index >= 15 is 0 Å². The SMILES string of the molecule is CNC(=O)COc1cc(F)ccc1CNC(=O)c1nc2n(c(=O)c1O)CCOC2(C)C. The van der Waals surface area contributed by atoms with Gasteiger partial charge in [-0.25, -0.2) is 9.37 Å². The minimum absolute atomic E-state index is 0.0705. The van der Waals surface area contributed by atoms with Crippen LogP contribution in [0.3, 0.4) is 0 Å². The van der Waals surface area contributed by atoms with Gasteiger partial charge in [-0.2, -0.15) is 0 Å². The van der Waals surface area contributed by atoms with Crippen molar-refractivity contribution in [1.29, 1.82) is 0 Å². The Morgan fingerprint density at radius 3 is 2.84 bits per heavy atom. The van der Waals surface area contributed by atoms with Crippen molar-refractivity contribution in [3.8, 4) is 11.5 Å². The second-order valence-corrected chi connectivity index (χ2v) is 7.34.